The van der Waals surface area contributed by atoms with Crippen LogP contribution in [0.5, 0.6) is 0 Å². The van der Waals surface area contributed by atoms with E-state index in [0.29, 0.717) is 6.54 Å². The molecule has 1 atom stereocenters. The Balaban J connectivity index is 2.36. The summed E-state index contributed by atoms with van der Waals surface area (Å²) in [5.41, 5.74) is 0. The van der Waals surface area contributed by atoms with E-state index in [9.17, 15) is 4.79 Å². The van der Waals surface area contributed by atoms with Crippen molar-refractivity contribution in [2.45, 2.75) is 39.4 Å². The Labute approximate surface area is 91.5 Å². The van der Waals surface area contributed by atoms with Crippen LogP contribution in [0.3, 0.4) is 0 Å². The van der Waals surface area contributed by atoms with Crippen LogP contribution in [0, 0.1) is 0 Å². The van der Waals surface area contributed by atoms with Gasteiger partial charge in [0, 0.05) is 19.7 Å². The summed E-state index contributed by atoms with van der Waals surface area (Å²) in [6, 6.07) is 0. The molecule has 0 aromatic rings. The number of hydrogen-bond acceptors (Lipinski definition) is 3. The molecule has 4 heteroatoms. The van der Waals surface area contributed by atoms with Crippen LogP contribution < -0.4 is 0 Å². The number of ether oxygens (including phenoxy) is 2. The quantitative estimate of drug-likeness (QED) is 0.706. The van der Waals surface area contributed by atoms with Gasteiger partial charge in [-0.1, -0.05) is 0 Å². The molecule has 1 heterocycles. The fourth-order valence-electron chi connectivity index (χ4n) is 1.55. The molecule has 0 aliphatic carbocycles. The van der Waals surface area contributed by atoms with Crippen LogP contribution in [-0.2, 0) is 14.3 Å². The second kappa shape index (κ2) is 6.08. The molecule has 0 N–H and O–H groups in total. The van der Waals surface area contributed by atoms with Crippen LogP contribution in [0.4, 0.5) is 0 Å². The van der Waals surface area contributed by atoms with Crippen LogP contribution in [-0.4, -0.2) is 49.3 Å². The molecule has 0 aromatic carbocycles. The second-order valence-electron chi connectivity index (χ2n) is 4.23. The first-order chi connectivity index (χ1) is 7.09. The van der Waals surface area contributed by atoms with Gasteiger partial charge >= 0.3 is 0 Å². The van der Waals surface area contributed by atoms with E-state index in [-0.39, 0.29) is 24.7 Å². The normalized spacial score (nSPS) is 22.9. The Morgan fingerprint density at radius 2 is 2.33 bits per heavy atom. The molecule has 4 nitrogen and oxygen atoms in total. The molecular formula is C11H21NO3. The number of hydrogen-bond donors (Lipinski definition) is 0. The Hall–Kier alpha value is -0.610. The summed E-state index contributed by atoms with van der Waals surface area (Å²) in [7, 11) is 0. The van der Waals surface area contributed by atoms with Gasteiger partial charge in [0.15, 0.2) is 0 Å². The number of carbonyl (C=O) groups excluding carboxylic acids is 1. The van der Waals surface area contributed by atoms with Crippen molar-refractivity contribution in [1.29, 1.82) is 0 Å². The molecule has 0 bridgehead atoms. The second-order valence-corrected chi connectivity index (χ2v) is 4.23. The molecule has 0 saturated carbocycles. The van der Waals surface area contributed by atoms with Crippen molar-refractivity contribution < 1.29 is 14.3 Å². The molecule has 1 aliphatic rings. The summed E-state index contributed by atoms with van der Waals surface area (Å²) in [5, 5.41) is 0. The molecule has 1 rings (SSSR count). The number of nitrogens with zero attached hydrogens (tertiary/aromatic N) is 1. The lowest BCUT2D eigenvalue weighted by Crippen LogP contribution is -2.38. The Morgan fingerprint density at radius 3 is 3.00 bits per heavy atom. The van der Waals surface area contributed by atoms with E-state index in [1.807, 2.05) is 25.7 Å². The highest BCUT2D eigenvalue weighted by molar-refractivity contribution is 5.77. The lowest BCUT2D eigenvalue weighted by molar-refractivity contribution is -0.138. The topological polar surface area (TPSA) is 38.8 Å². The predicted molar refractivity (Wildman–Crippen MR) is 57.7 cm³/mol. The highest BCUT2D eigenvalue weighted by Crippen LogP contribution is 2.06. The van der Waals surface area contributed by atoms with E-state index in [0.717, 1.165) is 19.6 Å². The minimum absolute atomic E-state index is 0.0704. The average Bonchev–Trinajstić information content (AvgIpc) is 2.39. The maximum atomic E-state index is 11.7. The van der Waals surface area contributed by atoms with E-state index >= 15 is 0 Å². The standard InChI is InChI=1S/C11H21NO3/c1-9(2)15-8-11(13)12-5-4-6-14-10(3)7-12/h9-10H,4-8H2,1-3H3. The van der Waals surface area contributed by atoms with Crippen molar-refractivity contribution in [1.82, 2.24) is 4.90 Å². The molecular weight excluding hydrogens is 194 g/mol. The zero-order chi connectivity index (χ0) is 11.3. The Morgan fingerprint density at radius 1 is 1.60 bits per heavy atom. The van der Waals surface area contributed by atoms with Gasteiger partial charge in [0.05, 0.1) is 12.2 Å². The van der Waals surface area contributed by atoms with Crippen LogP contribution in [0.25, 0.3) is 0 Å². The third-order valence-electron chi connectivity index (χ3n) is 2.35. The van der Waals surface area contributed by atoms with Crippen molar-refractivity contribution in [2.75, 3.05) is 26.3 Å². The first-order valence-corrected chi connectivity index (χ1v) is 5.60. The van der Waals surface area contributed by atoms with Gasteiger partial charge in [0.1, 0.15) is 6.61 Å². The van der Waals surface area contributed by atoms with Gasteiger partial charge in [-0.05, 0) is 27.2 Å². The van der Waals surface area contributed by atoms with Gasteiger partial charge in [-0.3, -0.25) is 4.79 Å². The lowest BCUT2D eigenvalue weighted by atomic mass is 10.3. The molecule has 0 aromatic heterocycles. The summed E-state index contributed by atoms with van der Waals surface area (Å²) >= 11 is 0. The number of amides is 1. The highest BCUT2D eigenvalue weighted by Gasteiger charge is 2.19. The summed E-state index contributed by atoms with van der Waals surface area (Å²) in [6.07, 6.45) is 1.16. The molecule has 0 radical (unpaired) electrons. The van der Waals surface area contributed by atoms with Crippen molar-refractivity contribution >= 4 is 5.91 Å². The summed E-state index contributed by atoms with van der Waals surface area (Å²) in [4.78, 5) is 13.6. The molecule has 0 spiro atoms. The first kappa shape index (κ1) is 12.5. The van der Waals surface area contributed by atoms with Gasteiger partial charge in [-0.15, -0.1) is 0 Å². The van der Waals surface area contributed by atoms with Gasteiger partial charge in [-0.2, -0.15) is 0 Å². The van der Waals surface area contributed by atoms with Gasteiger partial charge in [0.2, 0.25) is 5.91 Å². The molecule has 1 unspecified atom stereocenters. The summed E-state index contributed by atoms with van der Waals surface area (Å²) < 4.78 is 10.8. The fraction of sp³-hybridized carbons (Fsp3) is 0.909. The van der Waals surface area contributed by atoms with Crippen LogP contribution in [0.15, 0.2) is 0 Å². The average molecular weight is 215 g/mol. The Bertz CT molecular complexity index is 206. The predicted octanol–water partition coefficient (Wildman–Crippen LogP) is 1.05. The maximum absolute atomic E-state index is 11.7. The van der Waals surface area contributed by atoms with E-state index < -0.39 is 0 Å². The fourth-order valence-corrected chi connectivity index (χ4v) is 1.55. The lowest BCUT2D eigenvalue weighted by Gasteiger charge is -2.22. The van der Waals surface area contributed by atoms with Crippen molar-refractivity contribution in [3.8, 4) is 0 Å². The van der Waals surface area contributed by atoms with Crippen LogP contribution >= 0.6 is 0 Å². The maximum Gasteiger partial charge on any atom is 0.248 e. The minimum atomic E-state index is 0.0704. The molecule has 88 valence electrons. The van der Waals surface area contributed by atoms with E-state index in [1.54, 1.807) is 0 Å². The number of carbonyl (C=O) groups is 1. The molecule has 1 aliphatic heterocycles. The Kier molecular flexibility index (Phi) is 5.05. The summed E-state index contributed by atoms with van der Waals surface area (Å²) in [6.45, 7) is 8.25. The molecule has 1 fully saturated rings. The number of rotatable bonds is 3. The molecule has 1 amide bonds. The van der Waals surface area contributed by atoms with Crippen molar-refractivity contribution in [3.63, 3.8) is 0 Å². The minimum Gasteiger partial charge on any atom is -0.377 e. The largest absolute Gasteiger partial charge is 0.377 e. The third-order valence-corrected chi connectivity index (χ3v) is 2.35. The van der Waals surface area contributed by atoms with Gasteiger partial charge < -0.3 is 14.4 Å². The highest BCUT2D eigenvalue weighted by atomic mass is 16.5. The van der Waals surface area contributed by atoms with E-state index in [1.165, 1.54) is 0 Å². The first-order valence-electron chi connectivity index (χ1n) is 5.60. The summed E-state index contributed by atoms with van der Waals surface area (Å²) in [5.74, 6) is 0.0704. The van der Waals surface area contributed by atoms with Crippen molar-refractivity contribution in [3.05, 3.63) is 0 Å². The van der Waals surface area contributed by atoms with E-state index in [2.05, 4.69) is 0 Å². The molecule has 1 saturated heterocycles. The van der Waals surface area contributed by atoms with Gasteiger partial charge in [0.25, 0.3) is 0 Å². The van der Waals surface area contributed by atoms with Crippen LogP contribution in [0.1, 0.15) is 27.2 Å². The van der Waals surface area contributed by atoms with E-state index in [4.69, 9.17) is 9.47 Å². The zero-order valence-corrected chi connectivity index (χ0v) is 9.86. The third kappa shape index (κ3) is 4.62. The monoisotopic (exact) mass is 215 g/mol. The smallest absolute Gasteiger partial charge is 0.248 e. The SMILES string of the molecule is CC(C)OCC(=O)N1CCCOC(C)C1. The van der Waals surface area contributed by atoms with Crippen molar-refractivity contribution in [2.24, 2.45) is 0 Å². The van der Waals surface area contributed by atoms with Gasteiger partial charge in [-0.25, -0.2) is 0 Å². The van der Waals surface area contributed by atoms with Crippen LogP contribution in [0.2, 0.25) is 0 Å². The molecule has 15 heavy (non-hydrogen) atoms. The zero-order valence-electron chi connectivity index (χ0n) is 9.86.